The van der Waals surface area contributed by atoms with Gasteiger partial charge in [0.05, 0.1) is 0 Å². The quantitative estimate of drug-likeness (QED) is 0.747. The molecule has 0 atom stereocenters. The molecule has 0 N–H and O–H groups in total. The summed E-state index contributed by atoms with van der Waals surface area (Å²) in [5, 5.41) is 0. The summed E-state index contributed by atoms with van der Waals surface area (Å²) in [6.07, 6.45) is 0. The van der Waals surface area contributed by atoms with Gasteiger partial charge in [-0.1, -0.05) is 35.5 Å². The third-order valence-corrected chi connectivity index (χ3v) is 4.16. The van der Waals surface area contributed by atoms with Crippen molar-refractivity contribution in [1.29, 1.82) is 0 Å². The average Bonchev–Trinajstić information content (AvgIpc) is 2.28. The Balaban J connectivity index is 2.27. The Hall–Kier alpha value is -0.860. The van der Waals surface area contributed by atoms with Crippen molar-refractivity contribution in [2.24, 2.45) is 0 Å². The van der Waals surface area contributed by atoms with Crippen LogP contribution >= 0.6 is 24.4 Å². The molecule has 0 amide bonds. The molecule has 0 saturated heterocycles. The standard InChI is InChI=1S/C14H14S2/c1-10-6-8-12(9-7-10)16-14-5-3-4-13(15)11(14)2/h3-9,15H,1-2H3. The van der Waals surface area contributed by atoms with Gasteiger partial charge in [0.25, 0.3) is 0 Å². The van der Waals surface area contributed by atoms with Gasteiger partial charge in [-0.05, 0) is 43.7 Å². The number of thiol groups is 1. The highest BCUT2D eigenvalue weighted by Gasteiger charge is 2.02. The third kappa shape index (κ3) is 2.63. The minimum atomic E-state index is 1.05. The maximum atomic E-state index is 4.44. The Bertz CT molecular complexity index is 487. The highest BCUT2D eigenvalue weighted by atomic mass is 32.2. The first-order valence-electron chi connectivity index (χ1n) is 5.20. The summed E-state index contributed by atoms with van der Waals surface area (Å²) < 4.78 is 0. The lowest BCUT2D eigenvalue weighted by Crippen LogP contribution is -1.82. The van der Waals surface area contributed by atoms with Crippen molar-refractivity contribution >= 4 is 24.4 Å². The molecule has 0 unspecified atom stereocenters. The molecule has 0 nitrogen and oxygen atoms in total. The van der Waals surface area contributed by atoms with Gasteiger partial charge >= 0.3 is 0 Å². The lowest BCUT2D eigenvalue weighted by atomic mass is 10.2. The van der Waals surface area contributed by atoms with E-state index in [1.807, 2.05) is 12.1 Å². The molecular formula is C14H14S2. The summed E-state index contributed by atoms with van der Waals surface area (Å²) >= 11 is 6.23. The second-order valence-electron chi connectivity index (χ2n) is 3.82. The van der Waals surface area contributed by atoms with Crippen molar-refractivity contribution < 1.29 is 0 Å². The van der Waals surface area contributed by atoms with E-state index < -0.39 is 0 Å². The summed E-state index contributed by atoms with van der Waals surface area (Å²) in [6, 6.07) is 14.8. The van der Waals surface area contributed by atoms with Crippen molar-refractivity contribution in [3.63, 3.8) is 0 Å². The molecule has 2 aromatic rings. The molecule has 0 fully saturated rings. The number of hydrogen-bond acceptors (Lipinski definition) is 2. The van der Waals surface area contributed by atoms with Crippen LogP contribution in [0.15, 0.2) is 57.2 Å². The summed E-state index contributed by atoms with van der Waals surface area (Å²) in [5.41, 5.74) is 2.54. The van der Waals surface area contributed by atoms with Crippen LogP contribution in [-0.2, 0) is 0 Å². The van der Waals surface area contributed by atoms with Gasteiger partial charge in [0.1, 0.15) is 0 Å². The predicted molar refractivity (Wildman–Crippen MR) is 73.7 cm³/mol. The smallest absolute Gasteiger partial charge is 0.0162 e. The first kappa shape index (κ1) is 11.6. The van der Waals surface area contributed by atoms with Gasteiger partial charge in [-0.25, -0.2) is 0 Å². The van der Waals surface area contributed by atoms with Crippen LogP contribution in [0.5, 0.6) is 0 Å². The van der Waals surface area contributed by atoms with E-state index in [-0.39, 0.29) is 0 Å². The zero-order valence-electron chi connectivity index (χ0n) is 9.40. The molecule has 2 rings (SSSR count). The molecule has 0 bridgehead atoms. The fourth-order valence-corrected chi connectivity index (χ4v) is 2.66. The molecule has 0 aliphatic heterocycles. The monoisotopic (exact) mass is 246 g/mol. The van der Waals surface area contributed by atoms with E-state index in [4.69, 9.17) is 0 Å². The fourth-order valence-electron chi connectivity index (χ4n) is 1.45. The van der Waals surface area contributed by atoms with E-state index in [2.05, 4.69) is 56.8 Å². The fraction of sp³-hybridized carbons (Fsp3) is 0.143. The normalized spacial score (nSPS) is 10.4. The molecule has 0 aromatic heterocycles. The van der Waals surface area contributed by atoms with E-state index in [1.54, 1.807) is 11.8 Å². The lowest BCUT2D eigenvalue weighted by molar-refractivity contribution is 1.19. The first-order valence-corrected chi connectivity index (χ1v) is 6.46. The lowest BCUT2D eigenvalue weighted by Gasteiger charge is -2.07. The summed E-state index contributed by atoms with van der Waals surface area (Å²) in [4.78, 5) is 3.60. The van der Waals surface area contributed by atoms with Gasteiger partial charge < -0.3 is 0 Å². The molecule has 16 heavy (non-hydrogen) atoms. The van der Waals surface area contributed by atoms with Crippen LogP contribution in [0.25, 0.3) is 0 Å². The Labute approximate surface area is 106 Å². The zero-order chi connectivity index (χ0) is 11.5. The molecule has 2 aromatic carbocycles. The van der Waals surface area contributed by atoms with E-state index in [0.717, 1.165) is 4.90 Å². The summed E-state index contributed by atoms with van der Waals surface area (Å²) in [7, 11) is 0. The van der Waals surface area contributed by atoms with Gasteiger partial charge in [0.15, 0.2) is 0 Å². The minimum Gasteiger partial charge on any atom is -0.143 e. The van der Waals surface area contributed by atoms with Crippen molar-refractivity contribution in [1.82, 2.24) is 0 Å². The Kier molecular flexibility index (Phi) is 3.62. The zero-order valence-corrected chi connectivity index (χ0v) is 11.1. The Morgan fingerprint density at radius 1 is 0.938 bits per heavy atom. The number of rotatable bonds is 2. The number of hydrogen-bond donors (Lipinski definition) is 1. The van der Waals surface area contributed by atoms with Crippen LogP contribution < -0.4 is 0 Å². The van der Waals surface area contributed by atoms with E-state index >= 15 is 0 Å². The van der Waals surface area contributed by atoms with Gasteiger partial charge in [-0.15, -0.1) is 12.6 Å². The predicted octanol–water partition coefficient (Wildman–Crippen LogP) is 4.74. The van der Waals surface area contributed by atoms with Gasteiger partial charge in [0, 0.05) is 14.7 Å². The number of aryl methyl sites for hydroxylation is 1. The van der Waals surface area contributed by atoms with Crippen molar-refractivity contribution in [2.75, 3.05) is 0 Å². The number of benzene rings is 2. The Morgan fingerprint density at radius 3 is 2.31 bits per heavy atom. The first-order chi connectivity index (χ1) is 7.66. The molecule has 2 heteroatoms. The summed E-state index contributed by atoms with van der Waals surface area (Å²) in [6.45, 7) is 4.22. The van der Waals surface area contributed by atoms with Gasteiger partial charge in [-0.2, -0.15) is 0 Å². The van der Waals surface area contributed by atoms with Crippen LogP contribution in [0.2, 0.25) is 0 Å². The highest BCUT2D eigenvalue weighted by molar-refractivity contribution is 7.99. The van der Waals surface area contributed by atoms with Crippen LogP contribution in [-0.4, -0.2) is 0 Å². The SMILES string of the molecule is Cc1ccc(Sc2cccc(S)c2C)cc1. The van der Waals surface area contributed by atoms with Gasteiger partial charge in [-0.3, -0.25) is 0 Å². The largest absolute Gasteiger partial charge is 0.143 e. The van der Waals surface area contributed by atoms with Crippen LogP contribution in [0.1, 0.15) is 11.1 Å². The molecule has 0 saturated carbocycles. The van der Waals surface area contributed by atoms with Crippen molar-refractivity contribution in [3.8, 4) is 0 Å². The minimum absolute atomic E-state index is 1.05. The van der Waals surface area contributed by atoms with Crippen molar-refractivity contribution in [3.05, 3.63) is 53.6 Å². The third-order valence-electron chi connectivity index (χ3n) is 2.50. The molecule has 0 heterocycles. The second kappa shape index (κ2) is 4.98. The highest BCUT2D eigenvalue weighted by Crippen LogP contribution is 2.32. The van der Waals surface area contributed by atoms with E-state index in [0.29, 0.717) is 0 Å². The molecule has 0 aliphatic carbocycles. The van der Waals surface area contributed by atoms with E-state index in [1.165, 1.54) is 20.9 Å². The second-order valence-corrected chi connectivity index (χ2v) is 5.41. The molecule has 0 radical (unpaired) electrons. The maximum absolute atomic E-state index is 4.44. The van der Waals surface area contributed by atoms with Crippen LogP contribution in [0.3, 0.4) is 0 Å². The van der Waals surface area contributed by atoms with Gasteiger partial charge in [0.2, 0.25) is 0 Å². The van der Waals surface area contributed by atoms with Crippen molar-refractivity contribution in [2.45, 2.75) is 28.5 Å². The maximum Gasteiger partial charge on any atom is 0.0162 e. The topological polar surface area (TPSA) is 0 Å². The van der Waals surface area contributed by atoms with Crippen LogP contribution in [0, 0.1) is 13.8 Å². The molecule has 82 valence electrons. The summed E-state index contributed by atoms with van der Waals surface area (Å²) in [5.74, 6) is 0. The molecular weight excluding hydrogens is 232 g/mol. The van der Waals surface area contributed by atoms with E-state index in [9.17, 15) is 0 Å². The Morgan fingerprint density at radius 2 is 1.62 bits per heavy atom. The molecule has 0 aliphatic rings. The molecule has 0 spiro atoms. The van der Waals surface area contributed by atoms with Crippen LogP contribution in [0.4, 0.5) is 0 Å². The average molecular weight is 246 g/mol.